The van der Waals surface area contributed by atoms with E-state index in [1.807, 2.05) is 6.92 Å². The van der Waals surface area contributed by atoms with Gasteiger partial charge in [-0.3, -0.25) is 9.69 Å². The van der Waals surface area contributed by atoms with Crippen molar-refractivity contribution in [2.75, 3.05) is 39.4 Å². The van der Waals surface area contributed by atoms with E-state index in [0.29, 0.717) is 36.5 Å². The minimum atomic E-state index is -3.95. The van der Waals surface area contributed by atoms with Crippen LogP contribution in [0.3, 0.4) is 0 Å². The first-order valence-electron chi connectivity index (χ1n) is 11.0. The number of imidazole rings is 1. The number of hydrogen-bond acceptors (Lipinski definition) is 9. The predicted octanol–water partition coefficient (Wildman–Crippen LogP) is -0.384. The first kappa shape index (κ1) is 25.8. The van der Waals surface area contributed by atoms with Gasteiger partial charge in [-0.05, 0) is 31.5 Å². The van der Waals surface area contributed by atoms with Crippen molar-refractivity contribution in [2.24, 2.45) is 0 Å². The maximum absolute atomic E-state index is 12.8. The van der Waals surface area contributed by atoms with Crippen molar-refractivity contribution in [1.29, 1.82) is 0 Å². The van der Waals surface area contributed by atoms with Crippen LogP contribution in [0, 0.1) is 6.92 Å². The van der Waals surface area contributed by atoms with Gasteiger partial charge in [-0.15, -0.1) is 5.10 Å². The number of aromatic amines is 1. The molecule has 0 saturated carbocycles. The summed E-state index contributed by atoms with van der Waals surface area (Å²) < 4.78 is 29.6. The Labute approximate surface area is 196 Å². The van der Waals surface area contributed by atoms with Crippen molar-refractivity contribution < 1.29 is 23.7 Å². The molecule has 0 radical (unpaired) electrons. The molecule has 3 rings (SSSR count). The maximum Gasteiger partial charge on any atom is 0.277 e. The number of aromatic hydroxyl groups is 1. The highest BCUT2D eigenvalue weighted by Crippen LogP contribution is 2.29. The molecule has 0 aliphatic heterocycles. The lowest BCUT2D eigenvalue weighted by molar-refractivity contribution is 0.163. The zero-order valence-electron chi connectivity index (χ0n) is 19.2. The Morgan fingerprint density at radius 3 is 2.53 bits per heavy atom. The maximum atomic E-state index is 12.8. The van der Waals surface area contributed by atoms with Crippen molar-refractivity contribution in [2.45, 2.75) is 31.6 Å². The van der Waals surface area contributed by atoms with E-state index in [0.717, 1.165) is 6.42 Å². The first-order chi connectivity index (χ1) is 16.2. The molecule has 12 nitrogen and oxygen atoms in total. The average Bonchev–Trinajstić information content (AvgIpc) is 3.10. The summed E-state index contributed by atoms with van der Waals surface area (Å²) in [5, 5.41) is 33.0. The highest BCUT2D eigenvalue weighted by Gasteiger charge is 2.20. The molecule has 0 spiro atoms. The van der Waals surface area contributed by atoms with E-state index in [4.69, 9.17) is 10.2 Å². The smallest absolute Gasteiger partial charge is 0.277 e. The fraction of sp³-hybridized carbons (Fsp3) is 0.476. The number of phenolic OH excluding ortho intramolecular Hbond substituents is 1. The van der Waals surface area contributed by atoms with Crippen LogP contribution in [0.4, 0.5) is 0 Å². The van der Waals surface area contributed by atoms with Crippen LogP contribution < -0.4 is 10.3 Å². The number of aliphatic hydroxyl groups excluding tert-OH is 2. The van der Waals surface area contributed by atoms with Gasteiger partial charge in [0.15, 0.2) is 11.3 Å². The van der Waals surface area contributed by atoms with Gasteiger partial charge in [0.05, 0.1) is 29.4 Å². The zero-order chi connectivity index (χ0) is 24.9. The van der Waals surface area contributed by atoms with Gasteiger partial charge in [0.2, 0.25) is 10.0 Å². The van der Waals surface area contributed by atoms with Crippen LogP contribution in [0.15, 0.2) is 27.9 Å². The average molecular weight is 495 g/mol. The molecule has 0 aliphatic carbocycles. The number of sulfonamides is 1. The van der Waals surface area contributed by atoms with E-state index in [-0.39, 0.29) is 48.3 Å². The molecule has 3 aromatic rings. The number of aryl methyl sites for hydroxylation is 2. The summed E-state index contributed by atoms with van der Waals surface area (Å²) in [5.74, 6) is 0.369. The van der Waals surface area contributed by atoms with E-state index in [1.54, 1.807) is 11.8 Å². The van der Waals surface area contributed by atoms with Crippen LogP contribution in [-0.2, 0) is 16.4 Å². The quantitative estimate of drug-likeness (QED) is 0.225. The zero-order valence-corrected chi connectivity index (χ0v) is 20.0. The number of aromatic nitrogens is 4. The molecule has 2 aromatic heterocycles. The van der Waals surface area contributed by atoms with Gasteiger partial charge in [-0.1, -0.05) is 6.92 Å². The summed E-state index contributed by atoms with van der Waals surface area (Å²) in [7, 11) is -3.95. The lowest BCUT2D eigenvalue weighted by Crippen LogP contribution is -2.37. The molecule has 13 heteroatoms. The van der Waals surface area contributed by atoms with E-state index >= 15 is 0 Å². The van der Waals surface area contributed by atoms with Crippen LogP contribution in [0.2, 0.25) is 0 Å². The minimum absolute atomic E-state index is 0.0128. The molecule has 2 heterocycles. The Bertz CT molecular complexity index is 1300. The third-order valence-electron chi connectivity index (χ3n) is 5.30. The topological polar surface area (TPSA) is 173 Å². The largest absolute Gasteiger partial charge is 0.507 e. The normalized spacial score (nSPS) is 12.1. The van der Waals surface area contributed by atoms with E-state index in [1.165, 1.54) is 22.7 Å². The monoisotopic (exact) mass is 494 g/mol. The fourth-order valence-electron chi connectivity index (χ4n) is 3.65. The highest BCUT2D eigenvalue weighted by molar-refractivity contribution is 7.89. The molecule has 34 heavy (non-hydrogen) atoms. The van der Waals surface area contributed by atoms with Crippen molar-refractivity contribution >= 4 is 15.5 Å². The number of aliphatic hydroxyl groups is 2. The summed E-state index contributed by atoms with van der Waals surface area (Å²) in [5.41, 5.74) is 0.436. The van der Waals surface area contributed by atoms with E-state index < -0.39 is 15.6 Å². The van der Waals surface area contributed by atoms with Gasteiger partial charge in [0, 0.05) is 32.6 Å². The Hall–Kier alpha value is -2.84. The molecular weight excluding hydrogens is 464 g/mol. The molecule has 0 bridgehead atoms. The van der Waals surface area contributed by atoms with Crippen LogP contribution in [0.25, 0.3) is 16.9 Å². The lowest BCUT2D eigenvalue weighted by Gasteiger charge is -2.20. The van der Waals surface area contributed by atoms with Gasteiger partial charge in [0.25, 0.3) is 5.56 Å². The van der Waals surface area contributed by atoms with Gasteiger partial charge in [0.1, 0.15) is 11.6 Å². The van der Waals surface area contributed by atoms with Crippen LogP contribution in [-0.4, -0.2) is 87.6 Å². The second-order valence-corrected chi connectivity index (χ2v) is 9.56. The molecule has 0 amide bonds. The Morgan fingerprint density at radius 2 is 1.88 bits per heavy atom. The highest BCUT2D eigenvalue weighted by atomic mass is 32.2. The SMILES string of the molecule is CCCc1nc(C)c2c(=O)[nH]c(-c3cc(S(=O)(=O)NCCN(CCO)CCO)ccc3O)nn12. The molecule has 0 unspecified atom stereocenters. The van der Waals surface area contributed by atoms with Crippen LogP contribution in [0.1, 0.15) is 24.9 Å². The van der Waals surface area contributed by atoms with Gasteiger partial charge >= 0.3 is 0 Å². The number of H-pyrrole nitrogens is 1. The van der Waals surface area contributed by atoms with Gasteiger partial charge in [-0.25, -0.2) is 22.6 Å². The molecule has 1 aromatic carbocycles. The van der Waals surface area contributed by atoms with E-state index in [2.05, 4.69) is 19.8 Å². The van der Waals surface area contributed by atoms with Crippen molar-refractivity contribution in [1.82, 2.24) is 29.2 Å². The molecular formula is C21H30N6O6S. The number of phenols is 1. The summed E-state index contributed by atoms with van der Waals surface area (Å²) >= 11 is 0. The van der Waals surface area contributed by atoms with Gasteiger partial charge in [-0.2, -0.15) is 0 Å². The van der Waals surface area contributed by atoms with Gasteiger partial charge < -0.3 is 20.3 Å². The minimum Gasteiger partial charge on any atom is -0.507 e. The number of benzene rings is 1. The summed E-state index contributed by atoms with van der Waals surface area (Å²) in [6.45, 7) is 4.42. The summed E-state index contributed by atoms with van der Waals surface area (Å²) in [4.78, 5) is 21.3. The first-order valence-corrected chi connectivity index (χ1v) is 12.5. The van der Waals surface area contributed by atoms with Crippen molar-refractivity contribution in [3.63, 3.8) is 0 Å². The molecule has 5 N–H and O–H groups in total. The number of nitrogens with one attached hydrogen (secondary N) is 2. The molecule has 0 saturated heterocycles. The number of nitrogens with zero attached hydrogens (tertiary/aromatic N) is 4. The van der Waals surface area contributed by atoms with Crippen LogP contribution >= 0.6 is 0 Å². The van der Waals surface area contributed by atoms with Crippen molar-refractivity contribution in [3.8, 4) is 17.1 Å². The molecule has 186 valence electrons. The summed E-state index contributed by atoms with van der Waals surface area (Å²) in [6, 6.07) is 3.72. The Morgan fingerprint density at radius 1 is 1.18 bits per heavy atom. The molecule has 0 fully saturated rings. The summed E-state index contributed by atoms with van der Waals surface area (Å²) in [6.07, 6.45) is 1.39. The van der Waals surface area contributed by atoms with Crippen molar-refractivity contribution in [3.05, 3.63) is 40.1 Å². The second kappa shape index (κ2) is 11.1. The fourth-order valence-corrected chi connectivity index (χ4v) is 4.70. The predicted molar refractivity (Wildman–Crippen MR) is 125 cm³/mol. The number of rotatable bonds is 12. The molecule has 0 atom stereocenters. The van der Waals surface area contributed by atoms with Crippen LogP contribution in [0.5, 0.6) is 5.75 Å². The third kappa shape index (κ3) is 5.62. The number of fused-ring (bicyclic) bond motifs is 1. The lowest BCUT2D eigenvalue weighted by atomic mass is 10.2. The third-order valence-corrected chi connectivity index (χ3v) is 6.76. The second-order valence-electron chi connectivity index (χ2n) is 7.79. The Kier molecular flexibility index (Phi) is 8.38. The Balaban J connectivity index is 1.92. The number of hydrogen-bond donors (Lipinski definition) is 5. The standard InChI is InChI=1S/C21H30N6O6S/c1-3-4-18-23-14(2)19-21(31)24-20(25-27(18)19)16-13-15(5-6-17(16)30)34(32,33)22-7-8-26(9-11-28)10-12-29/h5-6,13,22,28-30H,3-4,7-12H2,1-2H3,(H,24,25,31). The van der Waals surface area contributed by atoms with E-state index in [9.17, 15) is 18.3 Å². The molecule has 0 aliphatic rings.